The molecule has 23 heavy (non-hydrogen) atoms. The van der Waals surface area contributed by atoms with Crippen molar-refractivity contribution >= 4 is 21.4 Å². The molecule has 3 N–H and O–H groups in total. The van der Waals surface area contributed by atoms with Gasteiger partial charge in [0.2, 0.25) is 10.0 Å². The molecular formula is C17H24N2O3S. The summed E-state index contributed by atoms with van der Waals surface area (Å²) in [5, 5.41) is 12.4. The van der Waals surface area contributed by atoms with Crippen molar-refractivity contribution in [2.45, 2.75) is 43.9 Å². The minimum atomic E-state index is -3.47. The lowest BCUT2D eigenvalue weighted by molar-refractivity contribution is 0.232. The largest absolute Gasteiger partial charge is 0.395 e. The molecule has 1 aromatic carbocycles. The molecule has 2 aliphatic carbocycles. The van der Waals surface area contributed by atoms with Crippen molar-refractivity contribution in [2.24, 2.45) is 5.41 Å². The Bertz CT molecular complexity index is 715. The predicted molar refractivity (Wildman–Crippen MR) is 91.2 cm³/mol. The average molecular weight is 336 g/mol. The van der Waals surface area contributed by atoms with E-state index < -0.39 is 10.0 Å². The van der Waals surface area contributed by atoms with Crippen LogP contribution in [-0.2, 0) is 15.4 Å². The second kappa shape index (κ2) is 5.11. The molecule has 0 unspecified atom stereocenters. The molecule has 0 amide bonds. The van der Waals surface area contributed by atoms with Gasteiger partial charge in [-0.05, 0) is 67.7 Å². The van der Waals surface area contributed by atoms with Gasteiger partial charge in [-0.25, -0.2) is 8.42 Å². The van der Waals surface area contributed by atoms with Crippen molar-refractivity contribution in [1.82, 2.24) is 0 Å². The van der Waals surface area contributed by atoms with Gasteiger partial charge in [0, 0.05) is 23.3 Å². The monoisotopic (exact) mass is 336 g/mol. The SMILES string of the molecule is O=S(=O)(CCO)Nc1ccc2c(c1)C1(CCC3(CC3)CC1)CN2. The van der Waals surface area contributed by atoms with Gasteiger partial charge in [-0.1, -0.05) is 0 Å². The lowest BCUT2D eigenvalue weighted by Crippen LogP contribution is -2.34. The van der Waals surface area contributed by atoms with Gasteiger partial charge in [0.05, 0.1) is 12.4 Å². The van der Waals surface area contributed by atoms with E-state index in [1.54, 1.807) is 6.07 Å². The summed E-state index contributed by atoms with van der Waals surface area (Å²) in [6.07, 6.45) is 7.78. The highest BCUT2D eigenvalue weighted by Crippen LogP contribution is 2.61. The van der Waals surface area contributed by atoms with Crippen LogP contribution in [0.15, 0.2) is 18.2 Å². The lowest BCUT2D eigenvalue weighted by Gasteiger charge is -2.37. The number of hydrogen-bond donors (Lipinski definition) is 3. The van der Waals surface area contributed by atoms with Gasteiger partial charge in [-0.2, -0.15) is 0 Å². The molecule has 4 rings (SSSR count). The second-order valence-electron chi connectivity index (χ2n) is 7.54. The second-order valence-corrected chi connectivity index (χ2v) is 9.38. The van der Waals surface area contributed by atoms with Gasteiger partial charge in [0.15, 0.2) is 0 Å². The molecule has 1 heterocycles. The van der Waals surface area contributed by atoms with Gasteiger partial charge in [0.1, 0.15) is 0 Å². The molecule has 6 heteroatoms. The first-order valence-corrected chi connectivity index (χ1v) is 10.1. The highest BCUT2D eigenvalue weighted by molar-refractivity contribution is 7.92. The Morgan fingerprint density at radius 1 is 1.13 bits per heavy atom. The van der Waals surface area contributed by atoms with Gasteiger partial charge in [-0.3, -0.25) is 4.72 Å². The minimum absolute atomic E-state index is 0.168. The van der Waals surface area contributed by atoms with E-state index >= 15 is 0 Å². The summed E-state index contributed by atoms with van der Waals surface area (Å²) < 4.78 is 26.3. The molecule has 3 aliphatic rings. The van der Waals surface area contributed by atoms with Gasteiger partial charge >= 0.3 is 0 Å². The Kier molecular flexibility index (Phi) is 3.39. The molecule has 1 aliphatic heterocycles. The quantitative estimate of drug-likeness (QED) is 0.789. The Labute approximate surface area is 137 Å². The fourth-order valence-electron chi connectivity index (χ4n) is 4.29. The number of fused-ring (bicyclic) bond motifs is 2. The molecule has 2 fully saturated rings. The van der Waals surface area contributed by atoms with Crippen LogP contribution in [0.3, 0.4) is 0 Å². The van der Waals surface area contributed by atoms with Crippen LogP contribution in [0.1, 0.15) is 44.1 Å². The molecule has 0 atom stereocenters. The zero-order chi connectivity index (χ0) is 16.1. The number of hydrogen-bond acceptors (Lipinski definition) is 4. The zero-order valence-corrected chi connectivity index (χ0v) is 14.1. The smallest absolute Gasteiger partial charge is 0.234 e. The third kappa shape index (κ3) is 2.72. The normalized spacial score (nSPS) is 23.5. The maximum atomic E-state index is 11.9. The summed E-state index contributed by atoms with van der Waals surface area (Å²) in [6, 6.07) is 5.77. The number of benzene rings is 1. The third-order valence-corrected chi connectivity index (χ3v) is 7.33. The van der Waals surface area contributed by atoms with E-state index in [4.69, 9.17) is 5.11 Å². The van der Waals surface area contributed by atoms with Crippen molar-refractivity contribution < 1.29 is 13.5 Å². The summed E-state index contributed by atoms with van der Waals surface area (Å²) in [6.45, 7) is 0.596. The van der Waals surface area contributed by atoms with E-state index in [9.17, 15) is 8.42 Å². The zero-order valence-electron chi connectivity index (χ0n) is 13.3. The lowest BCUT2D eigenvalue weighted by atomic mass is 9.66. The Balaban J connectivity index is 1.59. The van der Waals surface area contributed by atoms with Crippen molar-refractivity contribution in [3.63, 3.8) is 0 Å². The molecule has 0 saturated heterocycles. The standard InChI is InChI=1S/C17H24N2O3S/c20-9-10-23(21,22)19-13-1-2-15-14(11-13)17(12-18-15)7-5-16(3-4-16)6-8-17/h1-2,11,18-20H,3-10,12H2. The van der Waals surface area contributed by atoms with Crippen LogP contribution in [0.2, 0.25) is 0 Å². The third-order valence-electron chi connectivity index (χ3n) is 6.07. The highest BCUT2D eigenvalue weighted by Gasteiger charge is 2.51. The number of aliphatic hydroxyl groups excluding tert-OH is 1. The summed E-state index contributed by atoms with van der Waals surface area (Å²) in [5.41, 5.74) is 3.82. The van der Waals surface area contributed by atoms with E-state index in [0.717, 1.165) is 12.2 Å². The summed E-state index contributed by atoms with van der Waals surface area (Å²) in [4.78, 5) is 0. The van der Waals surface area contributed by atoms with Crippen LogP contribution >= 0.6 is 0 Å². The molecule has 5 nitrogen and oxygen atoms in total. The minimum Gasteiger partial charge on any atom is -0.395 e. The first-order valence-electron chi connectivity index (χ1n) is 8.46. The van der Waals surface area contributed by atoms with Crippen LogP contribution < -0.4 is 10.0 Å². The summed E-state index contributed by atoms with van der Waals surface area (Å²) >= 11 is 0. The van der Waals surface area contributed by atoms with E-state index in [-0.39, 0.29) is 17.8 Å². The maximum Gasteiger partial charge on any atom is 0.234 e. The van der Waals surface area contributed by atoms with E-state index in [0.29, 0.717) is 11.1 Å². The maximum absolute atomic E-state index is 11.9. The first-order chi connectivity index (χ1) is 11.0. The van der Waals surface area contributed by atoms with Crippen molar-refractivity contribution in [3.05, 3.63) is 23.8 Å². The summed E-state index contributed by atoms with van der Waals surface area (Å²) in [7, 11) is -3.47. The highest BCUT2D eigenvalue weighted by atomic mass is 32.2. The van der Waals surface area contributed by atoms with E-state index in [1.807, 2.05) is 12.1 Å². The van der Waals surface area contributed by atoms with Crippen LogP contribution in [0.5, 0.6) is 0 Å². The fourth-order valence-corrected chi connectivity index (χ4v) is 5.12. The molecule has 1 aromatic rings. The van der Waals surface area contributed by atoms with Crippen LogP contribution in [0.4, 0.5) is 11.4 Å². The van der Waals surface area contributed by atoms with E-state index in [2.05, 4.69) is 10.0 Å². The molecule has 0 aromatic heterocycles. The average Bonchev–Trinajstić information content (AvgIpc) is 3.19. The van der Waals surface area contributed by atoms with Gasteiger partial charge in [-0.15, -0.1) is 0 Å². The van der Waals surface area contributed by atoms with Crippen LogP contribution in [0.25, 0.3) is 0 Å². The Morgan fingerprint density at radius 3 is 2.48 bits per heavy atom. The Morgan fingerprint density at radius 2 is 1.83 bits per heavy atom. The molecule has 0 bridgehead atoms. The van der Waals surface area contributed by atoms with Crippen molar-refractivity contribution in [1.29, 1.82) is 0 Å². The molecule has 0 radical (unpaired) electrons. The van der Waals surface area contributed by atoms with Crippen LogP contribution in [-0.4, -0.2) is 32.4 Å². The number of anilines is 2. The molecular weight excluding hydrogens is 312 g/mol. The van der Waals surface area contributed by atoms with Crippen LogP contribution in [0, 0.1) is 5.41 Å². The topological polar surface area (TPSA) is 78.4 Å². The molecule has 2 saturated carbocycles. The van der Waals surface area contributed by atoms with E-state index in [1.165, 1.54) is 44.1 Å². The fraction of sp³-hybridized carbons (Fsp3) is 0.647. The van der Waals surface area contributed by atoms with Gasteiger partial charge < -0.3 is 10.4 Å². The van der Waals surface area contributed by atoms with Crippen molar-refractivity contribution in [2.75, 3.05) is 28.9 Å². The predicted octanol–water partition coefficient (Wildman–Crippen LogP) is 2.44. The first kappa shape index (κ1) is 15.3. The summed E-state index contributed by atoms with van der Waals surface area (Å²) in [5.74, 6) is -0.268. The molecule has 126 valence electrons. The Hall–Kier alpha value is -1.27. The number of sulfonamides is 1. The number of rotatable bonds is 4. The van der Waals surface area contributed by atoms with Gasteiger partial charge in [0.25, 0.3) is 0 Å². The number of aliphatic hydroxyl groups is 1. The number of nitrogens with one attached hydrogen (secondary N) is 2. The molecule has 2 spiro atoms. The van der Waals surface area contributed by atoms with Crippen molar-refractivity contribution in [3.8, 4) is 0 Å².